The molecule has 0 amide bonds. The first-order valence-electron chi connectivity index (χ1n) is 11.9. The number of benzene rings is 2. The zero-order chi connectivity index (χ0) is 25.9. The molecule has 4 aromatic rings. The summed E-state index contributed by atoms with van der Waals surface area (Å²) in [6, 6.07) is 7.43. The summed E-state index contributed by atoms with van der Waals surface area (Å²) in [7, 11) is 3.08. The average molecular weight is 509 g/mol. The third-order valence-electron chi connectivity index (χ3n) is 6.60. The van der Waals surface area contributed by atoms with Crippen LogP contribution in [0.25, 0.3) is 10.9 Å². The maximum atomic E-state index is 15.0. The molecule has 11 heteroatoms. The Bertz CT molecular complexity index is 1440. The Hall–Kier alpha value is -3.99. The molecule has 0 aliphatic carbocycles. The lowest BCUT2D eigenvalue weighted by Crippen LogP contribution is -2.28. The van der Waals surface area contributed by atoms with E-state index in [1.54, 1.807) is 19.2 Å². The number of methoxy groups -OCH3 is 1. The van der Waals surface area contributed by atoms with E-state index in [2.05, 4.69) is 25.6 Å². The lowest BCUT2D eigenvalue weighted by molar-refractivity contribution is 0.0903. The molecule has 0 saturated carbocycles. The molecule has 1 atom stereocenters. The van der Waals surface area contributed by atoms with Crippen molar-refractivity contribution in [1.29, 1.82) is 0 Å². The van der Waals surface area contributed by atoms with Gasteiger partial charge in [0, 0.05) is 50.4 Å². The summed E-state index contributed by atoms with van der Waals surface area (Å²) >= 11 is 0. The van der Waals surface area contributed by atoms with E-state index in [9.17, 15) is 13.6 Å². The lowest BCUT2D eigenvalue weighted by atomic mass is 9.88. The van der Waals surface area contributed by atoms with Gasteiger partial charge in [-0.3, -0.25) is 9.48 Å². The summed E-state index contributed by atoms with van der Waals surface area (Å²) in [6.45, 7) is 1.31. The molecule has 1 fully saturated rings. The number of anilines is 1. The minimum Gasteiger partial charge on any atom is -0.494 e. The fourth-order valence-electron chi connectivity index (χ4n) is 4.56. The Labute approximate surface area is 211 Å². The maximum absolute atomic E-state index is 15.0. The predicted octanol–water partition coefficient (Wildman–Crippen LogP) is 4.04. The number of ether oxygens (including phenoxy) is 2. The highest BCUT2D eigenvalue weighted by atomic mass is 19.1. The Morgan fingerprint density at radius 3 is 2.70 bits per heavy atom. The van der Waals surface area contributed by atoms with Crippen molar-refractivity contribution in [2.45, 2.75) is 31.2 Å². The zero-order valence-electron chi connectivity index (χ0n) is 20.4. The number of hydrogen-bond acceptors (Lipinski definition) is 8. The third-order valence-corrected chi connectivity index (χ3v) is 6.60. The first-order valence-corrected chi connectivity index (χ1v) is 11.9. The number of rotatable bonds is 8. The van der Waals surface area contributed by atoms with E-state index >= 15 is 0 Å². The van der Waals surface area contributed by atoms with Crippen LogP contribution in [0.3, 0.4) is 0 Å². The number of aryl methyl sites for hydroxylation is 1. The zero-order valence-corrected chi connectivity index (χ0v) is 20.4. The Kier molecular flexibility index (Phi) is 7.04. The Balaban J connectivity index is 1.45. The minimum absolute atomic E-state index is 0.0593. The molecule has 3 heterocycles. The van der Waals surface area contributed by atoms with Crippen LogP contribution in [-0.2, 0) is 11.8 Å². The number of halogens is 2. The van der Waals surface area contributed by atoms with Crippen molar-refractivity contribution in [2.24, 2.45) is 7.05 Å². The van der Waals surface area contributed by atoms with Crippen LogP contribution >= 0.6 is 0 Å². The van der Waals surface area contributed by atoms with Crippen LogP contribution in [0, 0.1) is 11.6 Å². The summed E-state index contributed by atoms with van der Waals surface area (Å²) < 4.78 is 41.4. The number of fused-ring (bicyclic) bond motifs is 1. The molecule has 2 aromatic heterocycles. The molecule has 37 heavy (non-hydrogen) atoms. The van der Waals surface area contributed by atoms with Gasteiger partial charge in [-0.15, -0.1) is 5.10 Å². The van der Waals surface area contributed by atoms with E-state index in [4.69, 9.17) is 9.47 Å². The van der Waals surface area contributed by atoms with Crippen molar-refractivity contribution in [3.8, 4) is 5.75 Å². The fourth-order valence-corrected chi connectivity index (χ4v) is 4.56. The van der Waals surface area contributed by atoms with Gasteiger partial charge in [0.1, 0.15) is 5.82 Å². The number of Topliss-reactive ketones (excluding diaryl/α,β-unsaturated/α-hetero) is 1. The lowest BCUT2D eigenvalue weighted by Gasteiger charge is -2.23. The smallest absolute Gasteiger partial charge is 0.223 e. The van der Waals surface area contributed by atoms with Crippen LogP contribution in [-0.4, -0.2) is 57.1 Å². The van der Waals surface area contributed by atoms with E-state index in [-0.39, 0.29) is 34.9 Å². The van der Waals surface area contributed by atoms with E-state index in [0.29, 0.717) is 35.9 Å². The van der Waals surface area contributed by atoms with E-state index in [0.717, 1.165) is 12.8 Å². The predicted molar refractivity (Wildman–Crippen MR) is 132 cm³/mol. The van der Waals surface area contributed by atoms with Gasteiger partial charge in [-0.05, 0) is 42.7 Å². The topological polar surface area (TPSA) is 104 Å². The molecule has 5 rings (SSSR count). The number of aromatic nitrogens is 5. The number of nitrogens with one attached hydrogen (secondary N) is 1. The SMILES string of the molecule is COc1ccc([C@H](CC(=O)c2cc(F)c3cnc(NC4CCOCC4)nc3c2)c2cnnn2C)cc1F. The van der Waals surface area contributed by atoms with Gasteiger partial charge < -0.3 is 14.8 Å². The summed E-state index contributed by atoms with van der Waals surface area (Å²) in [5.41, 5.74) is 1.64. The molecule has 1 saturated heterocycles. The van der Waals surface area contributed by atoms with Crippen molar-refractivity contribution >= 4 is 22.6 Å². The van der Waals surface area contributed by atoms with Crippen LogP contribution in [0.4, 0.5) is 14.7 Å². The second-order valence-corrected chi connectivity index (χ2v) is 8.97. The van der Waals surface area contributed by atoms with Gasteiger partial charge in [0.15, 0.2) is 17.3 Å². The monoisotopic (exact) mass is 508 g/mol. The number of carbonyl (C=O) groups is 1. The first kappa shape index (κ1) is 24.7. The molecular formula is C26H26F2N6O3. The summed E-state index contributed by atoms with van der Waals surface area (Å²) in [4.78, 5) is 22.1. The molecule has 1 aliphatic rings. The van der Waals surface area contributed by atoms with E-state index < -0.39 is 17.6 Å². The first-order chi connectivity index (χ1) is 17.9. The number of carbonyl (C=O) groups excluding carboxylic acids is 1. The van der Waals surface area contributed by atoms with Crippen molar-refractivity contribution < 1.29 is 23.0 Å². The third kappa shape index (κ3) is 5.26. The van der Waals surface area contributed by atoms with Crippen LogP contribution in [0.15, 0.2) is 42.7 Å². The number of nitrogens with zero attached hydrogens (tertiary/aromatic N) is 5. The second kappa shape index (κ2) is 10.6. The van der Waals surface area contributed by atoms with Gasteiger partial charge in [-0.2, -0.15) is 0 Å². The fraction of sp³-hybridized carbons (Fsp3) is 0.346. The molecule has 1 aliphatic heterocycles. The largest absolute Gasteiger partial charge is 0.494 e. The summed E-state index contributed by atoms with van der Waals surface area (Å²) in [6.07, 6.45) is 4.53. The van der Waals surface area contributed by atoms with Crippen molar-refractivity contribution in [1.82, 2.24) is 25.0 Å². The number of hydrogen-bond donors (Lipinski definition) is 1. The Morgan fingerprint density at radius 1 is 1.19 bits per heavy atom. The standard InChI is InChI=1S/C26H26F2N6O3/c1-34-23(14-30-33-34)18(15-3-4-25(36-2)21(28)9-15)12-24(35)16-10-20(27)19-13-29-26(32-22(19)11-16)31-17-5-7-37-8-6-17/h3-4,9-11,13-14,17-18H,5-8,12H2,1-2H3,(H,29,31,32)/t18-/m0/s1. The van der Waals surface area contributed by atoms with E-state index in [1.165, 1.54) is 42.4 Å². The normalized spacial score (nSPS) is 15.0. The van der Waals surface area contributed by atoms with Gasteiger partial charge in [0.25, 0.3) is 0 Å². The number of ketones is 1. The minimum atomic E-state index is -0.590. The second-order valence-electron chi connectivity index (χ2n) is 8.97. The summed E-state index contributed by atoms with van der Waals surface area (Å²) in [5.74, 6) is -1.57. The highest BCUT2D eigenvalue weighted by Gasteiger charge is 2.25. The average Bonchev–Trinajstić information content (AvgIpc) is 3.32. The molecule has 0 unspecified atom stereocenters. The molecule has 0 spiro atoms. The summed E-state index contributed by atoms with van der Waals surface area (Å²) in [5, 5.41) is 11.3. The highest BCUT2D eigenvalue weighted by Crippen LogP contribution is 2.32. The maximum Gasteiger partial charge on any atom is 0.223 e. The molecule has 0 radical (unpaired) electrons. The molecule has 1 N–H and O–H groups in total. The van der Waals surface area contributed by atoms with Gasteiger partial charge in [-0.1, -0.05) is 11.3 Å². The highest BCUT2D eigenvalue weighted by molar-refractivity contribution is 6.00. The van der Waals surface area contributed by atoms with Crippen LogP contribution < -0.4 is 10.1 Å². The van der Waals surface area contributed by atoms with Gasteiger partial charge in [0.2, 0.25) is 5.95 Å². The van der Waals surface area contributed by atoms with Crippen molar-refractivity contribution in [2.75, 3.05) is 25.6 Å². The molecule has 9 nitrogen and oxygen atoms in total. The van der Waals surface area contributed by atoms with Crippen molar-refractivity contribution in [3.63, 3.8) is 0 Å². The van der Waals surface area contributed by atoms with Crippen LogP contribution in [0.5, 0.6) is 5.75 Å². The molecule has 0 bridgehead atoms. The molecular weight excluding hydrogens is 482 g/mol. The molecule has 192 valence electrons. The van der Waals surface area contributed by atoms with Gasteiger partial charge in [-0.25, -0.2) is 18.7 Å². The van der Waals surface area contributed by atoms with Crippen LogP contribution in [0.1, 0.15) is 46.8 Å². The van der Waals surface area contributed by atoms with E-state index in [1.807, 2.05) is 0 Å². The quantitative estimate of drug-likeness (QED) is 0.356. The Morgan fingerprint density at radius 2 is 2.00 bits per heavy atom. The van der Waals surface area contributed by atoms with Crippen LogP contribution in [0.2, 0.25) is 0 Å². The van der Waals surface area contributed by atoms with Gasteiger partial charge >= 0.3 is 0 Å². The molecule has 2 aromatic carbocycles. The van der Waals surface area contributed by atoms with Gasteiger partial charge in [0.05, 0.1) is 29.9 Å². The van der Waals surface area contributed by atoms with Crippen molar-refractivity contribution in [3.05, 3.63) is 71.2 Å².